The summed E-state index contributed by atoms with van der Waals surface area (Å²) in [6.45, 7) is 4.72. The fraction of sp³-hybridized carbons (Fsp3) is 0.467. The van der Waals surface area contributed by atoms with Crippen LogP contribution in [0.3, 0.4) is 0 Å². The van der Waals surface area contributed by atoms with Gasteiger partial charge in [-0.15, -0.1) is 0 Å². The van der Waals surface area contributed by atoms with Gasteiger partial charge in [-0.3, -0.25) is 4.79 Å². The summed E-state index contributed by atoms with van der Waals surface area (Å²) in [5.41, 5.74) is 1.84. The summed E-state index contributed by atoms with van der Waals surface area (Å²) in [5.74, 6) is -0.134. The number of carbonyl (C=O) groups is 2. The van der Waals surface area contributed by atoms with Gasteiger partial charge in [0, 0.05) is 5.69 Å². The number of rotatable bonds is 3. The van der Waals surface area contributed by atoms with E-state index in [1.165, 1.54) is 7.11 Å². The zero-order valence-corrected chi connectivity index (χ0v) is 12.0. The standard InChI is InChI=1S/C15H20N2O3/c1-9-7-8-16-13(9)14(18)17-12-6-4-5-11(10(12)2)15(19)20-3/h4-6,9,13,16H,7-8H2,1-3H3,(H,17,18). The van der Waals surface area contributed by atoms with E-state index in [2.05, 4.69) is 17.6 Å². The number of benzene rings is 1. The van der Waals surface area contributed by atoms with E-state index < -0.39 is 5.97 Å². The first kappa shape index (κ1) is 14.5. The third-order valence-corrected chi connectivity index (χ3v) is 3.81. The van der Waals surface area contributed by atoms with Crippen LogP contribution >= 0.6 is 0 Å². The van der Waals surface area contributed by atoms with Crippen LogP contribution in [-0.4, -0.2) is 31.6 Å². The first-order chi connectivity index (χ1) is 9.54. The molecule has 1 aliphatic heterocycles. The van der Waals surface area contributed by atoms with E-state index in [-0.39, 0.29) is 11.9 Å². The van der Waals surface area contributed by atoms with E-state index in [0.717, 1.165) is 18.5 Å². The second-order valence-corrected chi connectivity index (χ2v) is 5.16. The number of hydrogen-bond donors (Lipinski definition) is 2. The number of nitrogens with one attached hydrogen (secondary N) is 2. The molecule has 1 aromatic rings. The molecule has 1 amide bonds. The van der Waals surface area contributed by atoms with Crippen LogP contribution in [0.5, 0.6) is 0 Å². The highest BCUT2D eigenvalue weighted by atomic mass is 16.5. The van der Waals surface area contributed by atoms with Crippen molar-refractivity contribution in [3.63, 3.8) is 0 Å². The van der Waals surface area contributed by atoms with Crippen molar-refractivity contribution < 1.29 is 14.3 Å². The van der Waals surface area contributed by atoms with Gasteiger partial charge in [-0.1, -0.05) is 13.0 Å². The zero-order chi connectivity index (χ0) is 14.7. The largest absolute Gasteiger partial charge is 0.465 e. The summed E-state index contributed by atoms with van der Waals surface area (Å²) in [6.07, 6.45) is 0.999. The normalized spacial score (nSPS) is 21.6. The molecule has 0 spiro atoms. The monoisotopic (exact) mass is 276 g/mol. The third-order valence-electron chi connectivity index (χ3n) is 3.81. The van der Waals surface area contributed by atoms with Gasteiger partial charge in [0.15, 0.2) is 0 Å². The Hall–Kier alpha value is -1.88. The van der Waals surface area contributed by atoms with E-state index in [9.17, 15) is 9.59 Å². The smallest absolute Gasteiger partial charge is 0.338 e. The number of esters is 1. The van der Waals surface area contributed by atoms with E-state index in [1.54, 1.807) is 25.1 Å². The predicted molar refractivity (Wildman–Crippen MR) is 76.7 cm³/mol. The minimum atomic E-state index is -0.397. The van der Waals surface area contributed by atoms with E-state index >= 15 is 0 Å². The fourth-order valence-corrected chi connectivity index (χ4v) is 2.50. The lowest BCUT2D eigenvalue weighted by Crippen LogP contribution is -2.39. The number of carbonyl (C=O) groups excluding carboxylic acids is 2. The molecule has 2 rings (SSSR count). The molecule has 108 valence electrons. The van der Waals surface area contributed by atoms with E-state index in [4.69, 9.17) is 4.74 Å². The molecule has 5 heteroatoms. The highest BCUT2D eigenvalue weighted by molar-refractivity contribution is 5.98. The van der Waals surface area contributed by atoms with E-state index in [1.807, 2.05) is 0 Å². The molecule has 0 aromatic heterocycles. The Morgan fingerprint density at radius 1 is 1.40 bits per heavy atom. The van der Waals surface area contributed by atoms with Crippen molar-refractivity contribution in [3.8, 4) is 0 Å². The van der Waals surface area contributed by atoms with Crippen LogP contribution in [0.1, 0.15) is 29.3 Å². The molecule has 0 radical (unpaired) electrons. The Bertz CT molecular complexity index is 528. The number of hydrogen-bond acceptors (Lipinski definition) is 4. The lowest BCUT2D eigenvalue weighted by atomic mass is 10.0. The molecule has 1 heterocycles. The SMILES string of the molecule is COC(=O)c1cccc(NC(=O)C2NCCC2C)c1C. The van der Waals surface area contributed by atoms with Crippen LogP contribution in [0, 0.1) is 12.8 Å². The van der Waals surface area contributed by atoms with Crippen LogP contribution < -0.4 is 10.6 Å². The second-order valence-electron chi connectivity index (χ2n) is 5.16. The molecule has 1 fully saturated rings. The van der Waals surface area contributed by atoms with Crippen LogP contribution in [0.2, 0.25) is 0 Å². The Kier molecular flexibility index (Phi) is 4.39. The fourth-order valence-electron chi connectivity index (χ4n) is 2.50. The summed E-state index contributed by atoms with van der Waals surface area (Å²) in [4.78, 5) is 23.9. The molecule has 5 nitrogen and oxygen atoms in total. The van der Waals surface area contributed by atoms with Crippen LogP contribution in [-0.2, 0) is 9.53 Å². The van der Waals surface area contributed by atoms with Crippen molar-refractivity contribution in [2.75, 3.05) is 19.0 Å². The molecule has 2 atom stereocenters. The van der Waals surface area contributed by atoms with Crippen LogP contribution in [0.25, 0.3) is 0 Å². The van der Waals surface area contributed by atoms with Crippen LogP contribution in [0.4, 0.5) is 5.69 Å². The van der Waals surface area contributed by atoms with Gasteiger partial charge in [0.2, 0.25) is 5.91 Å². The van der Waals surface area contributed by atoms with Crippen molar-refractivity contribution in [2.45, 2.75) is 26.3 Å². The summed E-state index contributed by atoms with van der Waals surface area (Å²) in [6, 6.07) is 5.05. The average molecular weight is 276 g/mol. The summed E-state index contributed by atoms with van der Waals surface area (Å²) < 4.78 is 4.73. The van der Waals surface area contributed by atoms with Crippen molar-refractivity contribution in [2.24, 2.45) is 5.92 Å². The lowest BCUT2D eigenvalue weighted by Gasteiger charge is -2.17. The predicted octanol–water partition coefficient (Wildman–Crippen LogP) is 1.72. The summed E-state index contributed by atoms with van der Waals surface area (Å²) in [7, 11) is 1.34. The maximum absolute atomic E-state index is 12.2. The highest BCUT2D eigenvalue weighted by Gasteiger charge is 2.29. The van der Waals surface area contributed by atoms with Crippen molar-refractivity contribution in [1.82, 2.24) is 5.32 Å². The Morgan fingerprint density at radius 2 is 2.15 bits per heavy atom. The molecular weight excluding hydrogens is 256 g/mol. The van der Waals surface area contributed by atoms with Crippen molar-refractivity contribution in [3.05, 3.63) is 29.3 Å². The highest BCUT2D eigenvalue weighted by Crippen LogP contribution is 2.22. The van der Waals surface area contributed by atoms with Crippen LogP contribution in [0.15, 0.2) is 18.2 Å². The molecule has 20 heavy (non-hydrogen) atoms. The molecule has 2 unspecified atom stereocenters. The molecule has 1 aromatic carbocycles. The average Bonchev–Trinajstić information content (AvgIpc) is 2.86. The van der Waals surface area contributed by atoms with Crippen molar-refractivity contribution >= 4 is 17.6 Å². The summed E-state index contributed by atoms with van der Waals surface area (Å²) >= 11 is 0. The number of ether oxygens (including phenoxy) is 1. The van der Waals surface area contributed by atoms with Gasteiger partial charge in [-0.25, -0.2) is 4.79 Å². The molecule has 1 aliphatic rings. The minimum absolute atomic E-state index is 0.0554. The Morgan fingerprint density at radius 3 is 2.75 bits per heavy atom. The zero-order valence-electron chi connectivity index (χ0n) is 12.0. The topological polar surface area (TPSA) is 67.4 Å². The minimum Gasteiger partial charge on any atom is -0.465 e. The summed E-state index contributed by atoms with van der Waals surface area (Å²) in [5, 5.41) is 6.08. The lowest BCUT2D eigenvalue weighted by molar-refractivity contribution is -0.118. The van der Waals surface area contributed by atoms with Crippen molar-refractivity contribution in [1.29, 1.82) is 0 Å². The second kappa shape index (κ2) is 6.05. The molecule has 0 aliphatic carbocycles. The van der Waals surface area contributed by atoms with Gasteiger partial charge in [0.1, 0.15) is 0 Å². The first-order valence-electron chi connectivity index (χ1n) is 6.76. The van der Waals surface area contributed by atoms with Gasteiger partial charge in [-0.05, 0) is 43.5 Å². The maximum Gasteiger partial charge on any atom is 0.338 e. The van der Waals surface area contributed by atoms with Gasteiger partial charge in [0.05, 0.1) is 18.7 Å². The first-order valence-corrected chi connectivity index (χ1v) is 6.76. The van der Waals surface area contributed by atoms with Gasteiger partial charge in [-0.2, -0.15) is 0 Å². The number of methoxy groups -OCH3 is 1. The third kappa shape index (κ3) is 2.82. The number of anilines is 1. The van der Waals surface area contributed by atoms with Gasteiger partial charge in [0.25, 0.3) is 0 Å². The molecular formula is C15H20N2O3. The molecule has 1 saturated heterocycles. The van der Waals surface area contributed by atoms with E-state index in [0.29, 0.717) is 17.2 Å². The van der Waals surface area contributed by atoms with Gasteiger partial charge >= 0.3 is 5.97 Å². The Labute approximate surface area is 118 Å². The number of amides is 1. The van der Waals surface area contributed by atoms with Gasteiger partial charge < -0.3 is 15.4 Å². The molecule has 0 bridgehead atoms. The quantitative estimate of drug-likeness (QED) is 0.825. The molecule has 0 saturated carbocycles. The Balaban J connectivity index is 2.17. The maximum atomic E-state index is 12.2. The molecule has 2 N–H and O–H groups in total.